The fourth-order valence-corrected chi connectivity index (χ4v) is 2.95. The van der Waals surface area contributed by atoms with Gasteiger partial charge in [-0.25, -0.2) is 0 Å². The van der Waals surface area contributed by atoms with Crippen molar-refractivity contribution < 1.29 is 38.4 Å². The maximum atomic E-state index is 11.9. The van der Waals surface area contributed by atoms with Gasteiger partial charge in [-0.2, -0.15) is 0 Å². The fourth-order valence-electron chi connectivity index (χ4n) is 2.95. The van der Waals surface area contributed by atoms with Gasteiger partial charge in [-0.1, -0.05) is 0 Å². The molecule has 0 saturated carbocycles. The van der Waals surface area contributed by atoms with E-state index in [9.17, 15) is 15.0 Å². The zero-order chi connectivity index (χ0) is 19.7. The quantitative estimate of drug-likeness (QED) is 0.633. The molecular weight excluding hydrogens is 356 g/mol. The Kier molecular flexibility index (Phi) is 4.72. The molecule has 0 radical (unpaired) electrons. The van der Waals surface area contributed by atoms with Crippen LogP contribution in [0.25, 0.3) is 22.3 Å². The minimum atomic E-state index is -0.262. The number of benzene rings is 2. The van der Waals surface area contributed by atoms with Crippen molar-refractivity contribution in [1.29, 1.82) is 0 Å². The maximum Gasteiger partial charge on any atom is 0.201 e. The number of furan rings is 1. The van der Waals surface area contributed by atoms with Crippen LogP contribution in [0.15, 0.2) is 22.6 Å². The largest absolute Gasteiger partial charge is 0.504 e. The number of carbonyl (C=O) groups is 1. The molecule has 0 aliphatic carbocycles. The number of fused-ring (bicyclic) bond motifs is 1. The second-order valence-corrected chi connectivity index (χ2v) is 5.49. The highest BCUT2D eigenvalue weighted by Gasteiger charge is 2.27. The van der Waals surface area contributed by atoms with Gasteiger partial charge in [0.05, 0.1) is 45.0 Å². The van der Waals surface area contributed by atoms with Gasteiger partial charge < -0.3 is 33.6 Å². The first-order valence-corrected chi connectivity index (χ1v) is 7.82. The molecule has 0 spiro atoms. The third kappa shape index (κ3) is 2.66. The molecule has 2 aromatic carbocycles. The van der Waals surface area contributed by atoms with Crippen LogP contribution >= 0.6 is 0 Å². The van der Waals surface area contributed by atoms with Crippen LogP contribution in [-0.2, 0) is 0 Å². The number of aldehydes is 1. The summed E-state index contributed by atoms with van der Waals surface area (Å²) in [6, 6.07) is 4.53. The highest BCUT2D eigenvalue weighted by Crippen LogP contribution is 2.50. The second-order valence-electron chi connectivity index (χ2n) is 5.49. The molecule has 3 aromatic rings. The van der Waals surface area contributed by atoms with Crippen LogP contribution in [0.3, 0.4) is 0 Å². The summed E-state index contributed by atoms with van der Waals surface area (Å²) in [5.41, 5.74) is 0.516. The number of ether oxygens (including phenoxy) is 4. The minimum absolute atomic E-state index is 0.0573. The number of aromatic hydroxyl groups is 2. The van der Waals surface area contributed by atoms with E-state index in [-0.39, 0.29) is 56.8 Å². The SMILES string of the molecule is COc1ccc(-c2oc3c(OC)cc(OC)c(O)c3c2C=O)c(OC)c1O. The fraction of sp³-hybridized carbons (Fsp3) is 0.211. The van der Waals surface area contributed by atoms with Gasteiger partial charge in [0, 0.05) is 6.07 Å². The topological polar surface area (TPSA) is 108 Å². The van der Waals surface area contributed by atoms with Crippen molar-refractivity contribution in [1.82, 2.24) is 0 Å². The van der Waals surface area contributed by atoms with E-state index in [1.807, 2.05) is 0 Å². The Morgan fingerprint density at radius 3 is 2.11 bits per heavy atom. The lowest BCUT2D eigenvalue weighted by Crippen LogP contribution is -1.93. The van der Waals surface area contributed by atoms with E-state index in [2.05, 4.69) is 0 Å². The summed E-state index contributed by atoms with van der Waals surface area (Å²) in [6.07, 6.45) is 0.542. The first-order chi connectivity index (χ1) is 13.0. The number of methoxy groups -OCH3 is 4. The predicted octanol–water partition coefficient (Wildman–Crippen LogP) is 3.36. The van der Waals surface area contributed by atoms with Crippen molar-refractivity contribution in [3.63, 3.8) is 0 Å². The monoisotopic (exact) mass is 374 g/mol. The number of phenols is 2. The van der Waals surface area contributed by atoms with Gasteiger partial charge >= 0.3 is 0 Å². The van der Waals surface area contributed by atoms with E-state index in [4.69, 9.17) is 23.4 Å². The van der Waals surface area contributed by atoms with Crippen LogP contribution in [0.1, 0.15) is 10.4 Å². The number of rotatable bonds is 6. The summed E-state index contributed by atoms with van der Waals surface area (Å²) in [5, 5.41) is 21.0. The van der Waals surface area contributed by atoms with Gasteiger partial charge in [-0.3, -0.25) is 4.79 Å². The average Bonchev–Trinajstić information content (AvgIpc) is 3.08. The van der Waals surface area contributed by atoms with Crippen molar-refractivity contribution in [2.75, 3.05) is 28.4 Å². The van der Waals surface area contributed by atoms with Crippen molar-refractivity contribution in [3.05, 3.63) is 23.8 Å². The maximum absolute atomic E-state index is 11.9. The van der Waals surface area contributed by atoms with Gasteiger partial charge in [-0.05, 0) is 12.1 Å². The Labute approximate surface area is 154 Å². The number of carbonyl (C=O) groups excluding carboxylic acids is 1. The van der Waals surface area contributed by atoms with Gasteiger partial charge in [-0.15, -0.1) is 0 Å². The van der Waals surface area contributed by atoms with Crippen LogP contribution in [0.4, 0.5) is 0 Å². The molecule has 0 fully saturated rings. The van der Waals surface area contributed by atoms with Gasteiger partial charge in [0.25, 0.3) is 0 Å². The van der Waals surface area contributed by atoms with E-state index < -0.39 is 0 Å². The summed E-state index contributed by atoms with van der Waals surface area (Å²) >= 11 is 0. The first-order valence-electron chi connectivity index (χ1n) is 7.82. The van der Waals surface area contributed by atoms with Gasteiger partial charge in [0.15, 0.2) is 40.6 Å². The Balaban J connectivity index is 2.42. The Bertz CT molecular complexity index is 1020. The first kappa shape index (κ1) is 18.2. The molecule has 8 nitrogen and oxygen atoms in total. The molecule has 0 unspecified atom stereocenters. The molecule has 3 rings (SSSR count). The lowest BCUT2D eigenvalue weighted by Gasteiger charge is -2.12. The molecular formula is C19H18O8. The van der Waals surface area contributed by atoms with Crippen molar-refractivity contribution in [2.45, 2.75) is 0 Å². The predicted molar refractivity (Wildman–Crippen MR) is 96.6 cm³/mol. The molecule has 8 heteroatoms. The normalized spacial score (nSPS) is 10.7. The van der Waals surface area contributed by atoms with E-state index in [0.717, 1.165) is 0 Å². The molecule has 1 heterocycles. The van der Waals surface area contributed by atoms with Crippen LogP contribution in [0.5, 0.6) is 34.5 Å². The average molecular weight is 374 g/mol. The van der Waals surface area contributed by atoms with Crippen molar-refractivity contribution in [3.8, 4) is 45.8 Å². The standard InChI is InChI=1S/C19H18O8/c1-23-11-6-5-9(18(26-4)16(11)22)17-10(8-20)14-15(21)12(24-2)7-13(25-3)19(14)27-17/h5-8,21-22H,1-4H3. The summed E-state index contributed by atoms with van der Waals surface area (Å²) in [7, 11) is 5.57. The Morgan fingerprint density at radius 1 is 0.889 bits per heavy atom. The highest BCUT2D eigenvalue weighted by molar-refractivity contribution is 6.08. The molecule has 1 aromatic heterocycles. The number of hydrogen-bond acceptors (Lipinski definition) is 8. The molecule has 0 saturated heterocycles. The van der Waals surface area contributed by atoms with Crippen molar-refractivity contribution in [2.24, 2.45) is 0 Å². The van der Waals surface area contributed by atoms with E-state index >= 15 is 0 Å². The second kappa shape index (κ2) is 6.99. The molecule has 0 aliphatic rings. The smallest absolute Gasteiger partial charge is 0.201 e. The molecule has 142 valence electrons. The van der Waals surface area contributed by atoms with Crippen LogP contribution in [0, 0.1) is 0 Å². The Hall–Kier alpha value is -3.55. The van der Waals surface area contributed by atoms with E-state index in [1.54, 1.807) is 6.07 Å². The van der Waals surface area contributed by atoms with Crippen LogP contribution in [-0.4, -0.2) is 44.9 Å². The third-order valence-corrected chi connectivity index (χ3v) is 4.22. The zero-order valence-electron chi connectivity index (χ0n) is 15.2. The lowest BCUT2D eigenvalue weighted by molar-refractivity contribution is 0.112. The molecule has 2 N–H and O–H groups in total. The lowest BCUT2D eigenvalue weighted by atomic mass is 10.0. The highest BCUT2D eigenvalue weighted by atomic mass is 16.5. The molecule has 0 atom stereocenters. The van der Waals surface area contributed by atoms with Gasteiger partial charge in [0.1, 0.15) is 5.76 Å². The van der Waals surface area contributed by atoms with Crippen molar-refractivity contribution >= 4 is 17.3 Å². The number of phenolic OH excluding ortho intramolecular Hbond substituents is 2. The summed E-state index contributed by atoms with van der Waals surface area (Å²) in [5.74, 6) is 0.232. The van der Waals surface area contributed by atoms with E-state index in [0.29, 0.717) is 11.8 Å². The minimum Gasteiger partial charge on any atom is -0.504 e. The molecule has 0 amide bonds. The molecule has 0 aliphatic heterocycles. The van der Waals surface area contributed by atoms with Crippen LogP contribution < -0.4 is 18.9 Å². The third-order valence-electron chi connectivity index (χ3n) is 4.22. The summed E-state index contributed by atoms with van der Waals surface area (Å²) in [4.78, 5) is 11.9. The van der Waals surface area contributed by atoms with Gasteiger partial charge in [0.2, 0.25) is 5.75 Å². The molecule has 27 heavy (non-hydrogen) atoms. The summed E-state index contributed by atoms with van der Waals surface area (Å²) in [6.45, 7) is 0. The zero-order valence-corrected chi connectivity index (χ0v) is 15.2. The number of hydrogen-bond donors (Lipinski definition) is 2. The van der Waals surface area contributed by atoms with Crippen LogP contribution in [0.2, 0.25) is 0 Å². The van der Waals surface area contributed by atoms with E-state index in [1.165, 1.54) is 40.6 Å². The molecule has 0 bridgehead atoms. The Morgan fingerprint density at radius 2 is 1.56 bits per heavy atom. The summed E-state index contributed by atoms with van der Waals surface area (Å²) < 4.78 is 26.6.